The van der Waals surface area contributed by atoms with Crippen molar-refractivity contribution in [2.24, 2.45) is 0 Å². The standard InChI is InChI=1S/C18H14ClN3O/c19-16-6-4-14(5-7-16)18(23)22-11-13-3-8-17(21-10-13)15-2-1-9-20-12-15/h1-10,12H,11H2,(H,22,23). The molecule has 4 nitrogen and oxygen atoms in total. The van der Waals surface area contributed by atoms with E-state index in [1.54, 1.807) is 42.9 Å². The van der Waals surface area contributed by atoms with Gasteiger partial charge in [0.25, 0.3) is 5.91 Å². The molecule has 2 heterocycles. The first-order valence-corrected chi connectivity index (χ1v) is 7.49. The number of rotatable bonds is 4. The molecule has 0 saturated carbocycles. The summed E-state index contributed by atoms with van der Waals surface area (Å²) in [5.41, 5.74) is 3.32. The number of hydrogen-bond acceptors (Lipinski definition) is 3. The molecular formula is C18H14ClN3O. The van der Waals surface area contributed by atoms with E-state index in [1.165, 1.54) is 0 Å². The zero-order chi connectivity index (χ0) is 16.1. The van der Waals surface area contributed by atoms with E-state index in [4.69, 9.17) is 11.6 Å². The highest BCUT2D eigenvalue weighted by Gasteiger charge is 2.05. The van der Waals surface area contributed by atoms with Crippen molar-refractivity contribution >= 4 is 17.5 Å². The molecule has 0 saturated heterocycles. The van der Waals surface area contributed by atoms with Gasteiger partial charge in [-0.15, -0.1) is 0 Å². The smallest absolute Gasteiger partial charge is 0.251 e. The molecular weight excluding hydrogens is 310 g/mol. The summed E-state index contributed by atoms with van der Waals surface area (Å²) in [6, 6.07) is 14.5. The summed E-state index contributed by atoms with van der Waals surface area (Å²) in [7, 11) is 0. The first-order chi connectivity index (χ1) is 11.2. The molecule has 0 unspecified atom stereocenters. The van der Waals surface area contributed by atoms with Crippen molar-refractivity contribution in [2.45, 2.75) is 6.54 Å². The van der Waals surface area contributed by atoms with E-state index in [0.29, 0.717) is 17.1 Å². The van der Waals surface area contributed by atoms with E-state index in [2.05, 4.69) is 15.3 Å². The van der Waals surface area contributed by atoms with Crippen LogP contribution in [0.3, 0.4) is 0 Å². The molecule has 0 aliphatic heterocycles. The lowest BCUT2D eigenvalue weighted by Crippen LogP contribution is -2.22. The lowest BCUT2D eigenvalue weighted by Gasteiger charge is -2.06. The second-order valence-corrected chi connectivity index (χ2v) is 5.42. The summed E-state index contributed by atoms with van der Waals surface area (Å²) in [6.07, 6.45) is 5.25. The quantitative estimate of drug-likeness (QED) is 0.796. The van der Waals surface area contributed by atoms with Crippen LogP contribution in [0.5, 0.6) is 0 Å². The van der Waals surface area contributed by atoms with Gasteiger partial charge in [0.05, 0.1) is 5.69 Å². The third-order valence-corrected chi connectivity index (χ3v) is 3.59. The Morgan fingerprint density at radius 1 is 1.04 bits per heavy atom. The van der Waals surface area contributed by atoms with Crippen molar-refractivity contribution < 1.29 is 4.79 Å². The largest absolute Gasteiger partial charge is 0.348 e. The Balaban J connectivity index is 1.62. The van der Waals surface area contributed by atoms with Crippen molar-refractivity contribution in [3.63, 3.8) is 0 Å². The van der Waals surface area contributed by atoms with Gasteiger partial charge < -0.3 is 5.32 Å². The minimum absolute atomic E-state index is 0.141. The van der Waals surface area contributed by atoms with Gasteiger partial charge in [0.15, 0.2) is 0 Å². The van der Waals surface area contributed by atoms with Crippen LogP contribution in [0.25, 0.3) is 11.3 Å². The van der Waals surface area contributed by atoms with Crippen molar-refractivity contribution in [1.29, 1.82) is 0 Å². The zero-order valence-corrected chi connectivity index (χ0v) is 13.0. The van der Waals surface area contributed by atoms with E-state index in [-0.39, 0.29) is 5.91 Å². The van der Waals surface area contributed by atoms with Crippen LogP contribution < -0.4 is 5.32 Å². The lowest BCUT2D eigenvalue weighted by atomic mass is 10.1. The number of carbonyl (C=O) groups excluding carboxylic acids is 1. The van der Waals surface area contributed by atoms with Gasteiger partial charge >= 0.3 is 0 Å². The maximum atomic E-state index is 12.0. The SMILES string of the molecule is O=C(NCc1ccc(-c2cccnc2)nc1)c1ccc(Cl)cc1. The fourth-order valence-corrected chi connectivity index (χ4v) is 2.23. The molecule has 0 spiro atoms. The van der Waals surface area contributed by atoms with E-state index in [0.717, 1.165) is 16.8 Å². The maximum absolute atomic E-state index is 12.0. The van der Waals surface area contributed by atoms with Gasteiger partial charge in [0, 0.05) is 41.3 Å². The molecule has 0 fully saturated rings. The minimum Gasteiger partial charge on any atom is -0.348 e. The van der Waals surface area contributed by atoms with E-state index >= 15 is 0 Å². The van der Waals surface area contributed by atoms with Crippen LogP contribution in [0.2, 0.25) is 5.02 Å². The number of nitrogens with zero attached hydrogens (tertiary/aromatic N) is 2. The van der Waals surface area contributed by atoms with Gasteiger partial charge in [-0.1, -0.05) is 17.7 Å². The third kappa shape index (κ3) is 3.93. The molecule has 0 aliphatic carbocycles. The number of amides is 1. The average molecular weight is 324 g/mol. The molecule has 1 amide bonds. The number of halogens is 1. The molecule has 3 aromatic rings. The highest BCUT2D eigenvalue weighted by Crippen LogP contribution is 2.15. The predicted octanol–water partition coefficient (Wildman–Crippen LogP) is 3.73. The molecule has 0 radical (unpaired) electrons. The van der Waals surface area contributed by atoms with Gasteiger partial charge in [-0.25, -0.2) is 0 Å². The first kappa shape index (κ1) is 15.2. The van der Waals surface area contributed by atoms with Crippen LogP contribution in [0.4, 0.5) is 0 Å². The second-order valence-electron chi connectivity index (χ2n) is 4.98. The van der Waals surface area contributed by atoms with Gasteiger partial charge in [0.2, 0.25) is 0 Å². The van der Waals surface area contributed by atoms with Gasteiger partial charge in [-0.3, -0.25) is 14.8 Å². The summed E-state index contributed by atoms with van der Waals surface area (Å²) < 4.78 is 0. The molecule has 2 aromatic heterocycles. The zero-order valence-electron chi connectivity index (χ0n) is 12.2. The molecule has 1 aromatic carbocycles. The van der Waals surface area contributed by atoms with Crippen molar-refractivity contribution in [3.8, 4) is 11.3 Å². The Kier molecular flexibility index (Phi) is 4.64. The monoisotopic (exact) mass is 323 g/mol. The fraction of sp³-hybridized carbons (Fsp3) is 0.0556. The molecule has 0 aliphatic rings. The third-order valence-electron chi connectivity index (χ3n) is 3.34. The molecule has 114 valence electrons. The number of nitrogens with one attached hydrogen (secondary N) is 1. The number of carbonyl (C=O) groups is 1. The Morgan fingerprint density at radius 3 is 2.52 bits per heavy atom. The second kappa shape index (κ2) is 7.03. The van der Waals surface area contributed by atoms with Crippen LogP contribution >= 0.6 is 11.6 Å². The molecule has 3 rings (SSSR count). The number of aromatic nitrogens is 2. The van der Waals surface area contributed by atoms with Gasteiger partial charge in [-0.05, 0) is 48.0 Å². The number of benzene rings is 1. The number of pyridine rings is 2. The molecule has 1 N–H and O–H groups in total. The van der Waals surface area contributed by atoms with E-state index in [1.807, 2.05) is 24.3 Å². The van der Waals surface area contributed by atoms with Crippen molar-refractivity contribution in [2.75, 3.05) is 0 Å². The highest BCUT2D eigenvalue weighted by molar-refractivity contribution is 6.30. The van der Waals surface area contributed by atoms with E-state index in [9.17, 15) is 4.79 Å². The van der Waals surface area contributed by atoms with Crippen molar-refractivity contribution in [3.05, 3.63) is 83.3 Å². The lowest BCUT2D eigenvalue weighted by molar-refractivity contribution is 0.0951. The summed E-state index contributed by atoms with van der Waals surface area (Å²) >= 11 is 5.81. The summed E-state index contributed by atoms with van der Waals surface area (Å²) in [5.74, 6) is -0.141. The predicted molar refractivity (Wildman–Crippen MR) is 90.1 cm³/mol. The minimum atomic E-state index is -0.141. The molecule has 0 bridgehead atoms. The highest BCUT2D eigenvalue weighted by atomic mass is 35.5. The fourth-order valence-electron chi connectivity index (χ4n) is 2.10. The number of hydrogen-bond donors (Lipinski definition) is 1. The maximum Gasteiger partial charge on any atom is 0.251 e. The molecule has 23 heavy (non-hydrogen) atoms. The average Bonchev–Trinajstić information content (AvgIpc) is 2.61. The first-order valence-electron chi connectivity index (χ1n) is 7.11. The summed E-state index contributed by atoms with van der Waals surface area (Å²) in [6.45, 7) is 0.418. The van der Waals surface area contributed by atoms with Crippen LogP contribution in [-0.4, -0.2) is 15.9 Å². The van der Waals surface area contributed by atoms with E-state index < -0.39 is 0 Å². The normalized spacial score (nSPS) is 10.3. The summed E-state index contributed by atoms with van der Waals surface area (Å²) in [4.78, 5) is 20.5. The van der Waals surface area contributed by atoms with Crippen LogP contribution in [0.1, 0.15) is 15.9 Å². The van der Waals surface area contributed by atoms with Gasteiger partial charge in [-0.2, -0.15) is 0 Å². The topological polar surface area (TPSA) is 54.9 Å². The van der Waals surface area contributed by atoms with Gasteiger partial charge in [0.1, 0.15) is 0 Å². The van der Waals surface area contributed by atoms with Crippen LogP contribution in [0.15, 0.2) is 67.1 Å². The van der Waals surface area contributed by atoms with Crippen LogP contribution in [0, 0.1) is 0 Å². The van der Waals surface area contributed by atoms with Crippen LogP contribution in [-0.2, 0) is 6.54 Å². The molecule has 0 atom stereocenters. The Hall–Kier alpha value is -2.72. The Bertz CT molecular complexity index is 787. The van der Waals surface area contributed by atoms with Crippen molar-refractivity contribution in [1.82, 2.24) is 15.3 Å². The molecule has 5 heteroatoms. The Labute approximate surface area is 139 Å². The Morgan fingerprint density at radius 2 is 1.87 bits per heavy atom. The summed E-state index contributed by atoms with van der Waals surface area (Å²) in [5, 5.41) is 3.47.